The summed E-state index contributed by atoms with van der Waals surface area (Å²) in [5, 5.41) is 23.6. The molecule has 0 radical (unpaired) electrons. The Morgan fingerprint density at radius 1 is 0.743 bits per heavy atom. The van der Waals surface area contributed by atoms with Crippen LogP contribution in [0.15, 0.2) is 115 Å². The van der Waals surface area contributed by atoms with Crippen LogP contribution in [-0.4, -0.2) is 112 Å². The predicted octanol–water partition coefficient (Wildman–Crippen LogP) is 8.85. The summed E-state index contributed by atoms with van der Waals surface area (Å²) in [6.45, 7) is 13.7. The molecule has 16 nitrogen and oxygen atoms in total. The molecule has 2 unspecified atom stereocenters. The highest BCUT2D eigenvalue weighted by Gasteiger charge is 2.34. The molecular formula is C58H63N15O. The molecule has 0 saturated heterocycles. The fraction of sp³-hybridized carbons (Fsp3) is 0.276. The lowest BCUT2D eigenvalue weighted by atomic mass is 9.91. The van der Waals surface area contributed by atoms with E-state index in [0.29, 0.717) is 46.6 Å². The summed E-state index contributed by atoms with van der Waals surface area (Å²) in [6.07, 6.45) is 8.22. The van der Waals surface area contributed by atoms with Crippen molar-refractivity contribution in [2.45, 2.75) is 59.0 Å². The number of dihydropyridines is 1. The van der Waals surface area contributed by atoms with Gasteiger partial charge in [0.25, 0.3) is 0 Å². The van der Waals surface area contributed by atoms with E-state index in [1.54, 1.807) is 0 Å². The van der Waals surface area contributed by atoms with Crippen LogP contribution in [0.4, 0.5) is 0 Å². The lowest BCUT2D eigenvalue weighted by Crippen LogP contribution is -2.55. The fourth-order valence-electron chi connectivity index (χ4n) is 10.7. The SMILES string of the molecule is CCN(C)Cc1ccc2[nH]c(C3=C(NC)C(C)(N)NC=C3c3nc4c(-c5cc6cc(CN7CC=CC7)ccc6[nH]5)cc(-c5nc6c(-c7cc8cc(CNC(CO)C(C)C)ccc8[nH]7)ccnc6[nH]5)nc4[nH]3)cc2c1. The third-order valence-electron chi connectivity index (χ3n) is 14.9. The van der Waals surface area contributed by atoms with Crippen LogP contribution in [0.2, 0.25) is 0 Å². The molecule has 2 aliphatic rings. The Morgan fingerprint density at radius 3 is 2.07 bits per heavy atom. The van der Waals surface area contributed by atoms with Gasteiger partial charge in [0.05, 0.1) is 12.3 Å². The Kier molecular flexibility index (Phi) is 12.0. The van der Waals surface area contributed by atoms with Gasteiger partial charge in [0.2, 0.25) is 0 Å². The standard InChI is InChI=1S/C58H63N15O/c1-7-72(6)29-34-11-14-44-38(21-34)25-47(66-44)50-41(28-63-58(4,59)53(50)60-5)54-68-52-40(46-24-37-22-35(12-15-43(37)65-46)30-73-18-8-9-19-73)26-48(67-57(52)70-54)55-69-51-39(16-17-61-56(51)71-55)45-23-36-20-33(10-13-42(36)64-45)27-62-49(31-74)32(2)3/h8-17,20-26,28,32,49,60,62-66,74H,7,18-19,27,29-31,59H2,1-6H3,(H,61,69,71)(H,67,68,70). The van der Waals surface area contributed by atoms with Gasteiger partial charge in [-0.3, -0.25) is 4.90 Å². The number of rotatable bonds is 16. The summed E-state index contributed by atoms with van der Waals surface area (Å²) in [7, 11) is 4.04. The number of nitrogens with zero attached hydrogens (tertiary/aromatic N) is 6. The molecule has 16 heteroatoms. The second kappa shape index (κ2) is 18.9. The predicted molar refractivity (Wildman–Crippen MR) is 298 cm³/mol. The number of hydrogen-bond acceptors (Lipinski definition) is 11. The summed E-state index contributed by atoms with van der Waals surface area (Å²) < 4.78 is 0. The molecule has 10 aromatic rings. The molecule has 7 aromatic heterocycles. The van der Waals surface area contributed by atoms with Gasteiger partial charge in [0, 0.05) is 130 Å². The van der Waals surface area contributed by atoms with E-state index in [0.717, 1.165) is 122 Å². The number of aromatic amines is 5. The number of pyridine rings is 2. The van der Waals surface area contributed by atoms with Gasteiger partial charge < -0.3 is 56.6 Å². The lowest BCUT2D eigenvalue weighted by molar-refractivity contribution is 0.210. The molecule has 0 amide bonds. The molecule has 0 aliphatic carbocycles. The second-order valence-electron chi connectivity index (χ2n) is 20.6. The Hall–Kier alpha value is -7.86. The quantitative estimate of drug-likeness (QED) is 0.0412. The van der Waals surface area contributed by atoms with Crippen molar-refractivity contribution in [2.24, 2.45) is 11.7 Å². The van der Waals surface area contributed by atoms with Gasteiger partial charge in [-0.1, -0.05) is 51.1 Å². The number of aliphatic hydroxyl groups is 1. The second-order valence-corrected chi connectivity index (χ2v) is 20.6. The van der Waals surface area contributed by atoms with Gasteiger partial charge in [0.15, 0.2) is 17.1 Å². The zero-order chi connectivity index (χ0) is 50.8. The first-order chi connectivity index (χ1) is 35.9. The molecule has 9 heterocycles. The van der Waals surface area contributed by atoms with Crippen molar-refractivity contribution in [3.05, 3.63) is 143 Å². The summed E-state index contributed by atoms with van der Waals surface area (Å²) in [4.78, 5) is 43.7. The lowest BCUT2D eigenvalue weighted by Gasteiger charge is -2.35. The van der Waals surface area contributed by atoms with Crippen molar-refractivity contribution in [1.82, 2.24) is 70.6 Å². The van der Waals surface area contributed by atoms with E-state index in [2.05, 4.69) is 170 Å². The van der Waals surface area contributed by atoms with E-state index < -0.39 is 5.66 Å². The molecule has 74 heavy (non-hydrogen) atoms. The number of aromatic nitrogens is 9. The van der Waals surface area contributed by atoms with Crippen molar-refractivity contribution < 1.29 is 5.11 Å². The van der Waals surface area contributed by atoms with Crippen LogP contribution in [0.3, 0.4) is 0 Å². The average Bonchev–Trinajstić information content (AvgIpc) is 4.27. The maximum absolute atomic E-state index is 9.89. The Bertz CT molecular complexity index is 3850. The summed E-state index contributed by atoms with van der Waals surface area (Å²) in [5.41, 5.74) is 23.2. The Labute approximate surface area is 428 Å². The molecule has 2 aliphatic heterocycles. The maximum atomic E-state index is 9.89. The monoisotopic (exact) mass is 986 g/mol. The molecule has 0 spiro atoms. The van der Waals surface area contributed by atoms with Crippen LogP contribution < -0.4 is 21.7 Å². The van der Waals surface area contributed by atoms with E-state index in [-0.39, 0.29) is 12.6 Å². The maximum Gasteiger partial charge on any atom is 0.159 e. The molecule has 12 rings (SSSR count). The smallest absolute Gasteiger partial charge is 0.159 e. The number of hydrogen-bond donors (Lipinski definition) is 10. The van der Waals surface area contributed by atoms with Crippen LogP contribution in [0.5, 0.6) is 0 Å². The van der Waals surface area contributed by atoms with E-state index in [1.165, 1.54) is 11.1 Å². The molecule has 3 aromatic carbocycles. The molecule has 376 valence electrons. The van der Waals surface area contributed by atoms with Crippen LogP contribution >= 0.6 is 0 Å². The van der Waals surface area contributed by atoms with Crippen molar-refractivity contribution in [2.75, 3.05) is 40.3 Å². The van der Waals surface area contributed by atoms with Gasteiger partial charge in [-0.25, -0.2) is 19.9 Å². The molecule has 2 atom stereocenters. The van der Waals surface area contributed by atoms with Crippen molar-refractivity contribution >= 4 is 66.2 Å². The number of allylic oxidation sites excluding steroid dienone is 2. The zero-order valence-corrected chi connectivity index (χ0v) is 42.7. The highest BCUT2D eigenvalue weighted by atomic mass is 16.3. The largest absolute Gasteiger partial charge is 0.395 e. The van der Waals surface area contributed by atoms with Crippen molar-refractivity contribution in [3.8, 4) is 34.0 Å². The summed E-state index contributed by atoms with van der Waals surface area (Å²) >= 11 is 0. The van der Waals surface area contributed by atoms with Gasteiger partial charge in [0.1, 0.15) is 28.2 Å². The number of nitrogens with one attached hydrogen (secondary N) is 8. The van der Waals surface area contributed by atoms with Crippen LogP contribution in [0.25, 0.3) is 100 Å². The van der Waals surface area contributed by atoms with E-state index in [9.17, 15) is 5.11 Å². The van der Waals surface area contributed by atoms with Crippen LogP contribution in [0, 0.1) is 5.92 Å². The number of benzene rings is 3. The number of imidazole rings is 2. The molecule has 0 bridgehead atoms. The van der Waals surface area contributed by atoms with E-state index in [1.807, 2.05) is 32.4 Å². The third kappa shape index (κ3) is 8.73. The van der Waals surface area contributed by atoms with Gasteiger partial charge in [-0.2, -0.15) is 0 Å². The first-order valence-electron chi connectivity index (χ1n) is 25.6. The average molecular weight is 986 g/mol. The minimum absolute atomic E-state index is 0.0285. The first kappa shape index (κ1) is 47.2. The number of H-pyrrole nitrogens is 5. The van der Waals surface area contributed by atoms with E-state index in [4.69, 9.17) is 25.7 Å². The number of nitrogens with two attached hydrogens (primary N) is 1. The van der Waals surface area contributed by atoms with Crippen LogP contribution in [-0.2, 0) is 19.6 Å². The normalized spacial score (nSPS) is 16.9. The summed E-state index contributed by atoms with van der Waals surface area (Å²) in [5.74, 6) is 1.52. The van der Waals surface area contributed by atoms with Crippen molar-refractivity contribution in [3.63, 3.8) is 0 Å². The Balaban J connectivity index is 0.963. The van der Waals surface area contributed by atoms with Gasteiger partial charge >= 0.3 is 0 Å². The fourth-order valence-corrected chi connectivity index (χ4v) is 10.7. The summed E-state index contributed by atoms with van der Waals surface area (Å²) in [6, 6.07) is 30.3. The highest BCUT2D eigenvalue weighted by Crippen LogP contribution is 2.41. The number of fused-ring (bicyclic) bond motifs is 5. The minimum atomic E-state index is -0.906. The van der Waals surface area contributed by atoms with Crippen LogP contribution in [0.1, 0.15) is 55.9 Å². The number of aliphatic hydroxyl groups excluding tert-OH is 1. The zero-order valence-electron chi connectivity index (χ0n) is 42.7. The molecule has 0 fully saturated rings. The third-order valence-corrected chi connectivity index (χ3v) is 14.9. The first-order valence-corrected chi connectivity index (χ1v) is 25.6. The number of likely N-dealkylation sites (N-methyl/N-ethyl adjacent to an activating group) is 1. The molecule has 11 N–H and O–H groups in total. The topological polar surface area (TPSA) is 219 Å². The van der Waals surface area contributed by atoms with E-state index >= 15 is 0 Å². The molecule has 0 saturated carbocycles. The van der Waals surface area contributed by atoms with Gasteiger partial charge in [-0.05, 0) is 110 Å². The molecular weight excluding hydrogens is 923 g/mol. The van der Waals surface area contributed by atoms with Gasteiger partial charge in [-0.15, -0.1) is 0 Å². The van der Waals surface area contributed by atoms with Crippen molar-refractivity contribution in [1.29, 1.82) is 0 Å². The minimum Gasteiger partial charge on any atom is -0.395 e. The Morgan fingerprint density at radius 2 is 1.36 bits per heavy atom. The highest BCUT2D eigenvalue weighted by molar-refractivity contribution is 6.08.